The van der Waals surface area contributed by atoms with Crippen molar-refractivity contribution >= 4 is 23.2 Å². The van der Waals surface area contributed by atoms with Crippen molar-refractivity contribution in [3.05, 3.63) is 28.7 Å². The Kier molecular flexibility index (Phi) is 3.56. The van der Waals surface area contributed by atoms with Gasteiger partial charge in [-0.15, -0.1) is 0 Å². The summed E-state index contributed by atoms with van der Waals surface area (Å²) >= 11 is 6.36. The summed E-state index contributed by atoms with van der Waals surface area (Å²) in [4.78, 5) is 16.5. The van der Waals surface area contributed by atoms with Crippen LogP contribution in [0, 0.1) is 5.41 Å². The summed E-state index contributed by atoms with van der Waals surface area (Å²) in [7, 11) is 0. The number of ether oxygens (including phenoxy) is 1. The Morgan fingerprint density at radius 1 is 1.39 bits per heavy atom. The van der Waals surface area contributed by atoms with E-state index in [-0.39, 0.29) is 5.69 Å². The van der Waals surface area contributed by atoms with Gasteiger partial charge in [0.15, 0.2) is 11.3 Å². The van der Waals surface area contributed by atoms with Crippen LogP contribution in [0.2, 0.25) is 5.15 Å². The first-order valence-electron chi connectivity index (χ1n) is 8.36. The zero-order valence-corrected chi connectivity index (χ0v) is 14.0. The molecule has 1 atom stereocenters. The fraction of sp³-hybridized carbons (Fsp3) is 0.588. The van der Waals surface area contributed by atoms with Crippen molar-refractivity contribution in [1.29, 1.82) is 0 Å². The van der Waals surface area contributed by atoms with E-state index in [0.717, 1.165) is 5.69 Å². The second-order valence-electron chi connectivity index (χ2n) is 6.70. The molecule has 6 heteroatoms. The number of esters is 1. The zero-order valence-electron chi connectivity index (χ0n) is 13.2. The van der Waals surface area contributed by atoms with Crippen LogP contribution in [-0.2, 0) is 4.74 Å². The highest BCUT2D eigenvalue weighted by Crippen LogP contribution is 2.66. The molecule has 5 nitrogen and oxygen atoms in total. The van der Waals surface area contributed by atoms with Gasteiger partial charge in [-0.1, -0.05) is 30.9 Å². The summed E-state index contributed by atoms with van der Waals surface area (Å²) in [6.07, 6.45) is 7.82. The van der Waals surface area contributed by atoms with Crippen LogP contribution < -0.4 is 0 Å². The van der Waals surface area contributed by atoms with Crippen molar-refractivity contribution in [2.24, 2.45) is 5.41 Å². The molecule has 0 aromatic carbocycles. The summed E-state index contributed by atoms with van der Waals surface area (Å²) < 4.78 is 6.50. The van der Waals surface area contributed by atoms with Crippen LogP contribution in [0.3, 0.4) is 0 Å². The van der Waals surface area contributed by atoms with Gasteiger partial charge < -0.3 is 4.74 Å². The Morgan fingerprint density at radius 3 is 2.91 bits per heavy atom. The number of carbonyl (C=O) groups excluding carboxylic acids is 1. The highest BCUT2D eigenvalue weighted by Gasteiger charge is 2.55. The topological polar surface area (TPSA) is 56.5 Å². The Bertz CT molecular complexity index is 765. The van der Waals surface area contributed by atoms with Gasteiger partial charge in [0.25, 0.3) is 0 Å². The zero-order chi connectivity index (χ0) is 16.0. The molecule has 2 aliphatic rings. The molecule has 2 fully saturated rings. The molecular formula is C17H20ClN3O2. The number of fused-ring (bicyclic) bond motifs is 1. The van der Waals surface area contributed by atoms with Gasteiger partial charge in [-0.25, -0.2) is 14.3 Å². The second-order valence-corrected chi connectivity index (χ2v) is 7.09. The number of halogens is 1. The monoisotopic (exact) mass is 333 g/mol. The molecule has 2 aliphatic carbocycles. The van der Waals surface area contributed by atoms with Crippen LogP contribution in [0.5, 0.6) is 0 Å². The van der Waals surface area contributed by atoms with Crippen LogP contribution in [0.4, 0.5) is 0 Å². The lowest BCUT2D eigenvalue weighted by Crippen LogP contribution is -2.10. The number of hydrogen-bond donors (Lipinski definition) is 0. The van der Waals surface area contributed by atoms with Crippen molar-refractivity contribution < 1.29 is 9.53 Å². The molecule has 122 valence electrons. The molecule has 2 aromatic rings. The number of aromatic nitrogens is 3. The summed E-state index contributed by atoms with van der Waals surface area (Å²) in [5.41, 5.74) is 2.37. The molecule has 0 amide bonds. The van der Waals surface area contributed by atoms with Gasteiger partial charge in [-0.05, 0) is 37.7 Å². The van der Waals surface area contributed by atoms with Gasteiger partial charge in [0.2, 0.25) is 0 Å². The predicted octanol–water partition coefficient (Wildman–Crippen LogP) is 4.00. The minimum Gasteiger partial charge on any atom is -0.461 e. The molecule has 0 radical (unpaired) electrons. The van der Waals surface area contributed by atoms with E-state index >= 15 is 0 Å². The van der Waals surface area contributed by atoms with E-state index in [0.29, 0.717) is 28.7 Å². The molecule has 1 unspecified atom stereocenters. The van der Waals surface area contributed by atoms with E-state index in [2.05, 4.69) is 5.10 Å². The molecule has 4 rings (SSSR count). The largest absolute Gasteiger partial charge is 0.461 e. The fourth-order valence-corrected chi connectivity index (χ4v) is 4.25. The molecule has 23 heavy (non-hydrogen) atoms. The van der Waals surface area contributed by atoms with E-state index in [4.69, 9.17) is 21.3 Å². The molecule has 2 saturated carbocycles. The molecule has 0 bridgehead atoms. The van der Waals surface area contributed by atoms with Crippen LogP contribution in [0.1, 0.15) is 67.5 Å². The van der Waals surface area contributed by atoms with Gasteiger partial charge in [-0.2, -0.15) is 5.10 Å². The Hall–Kier alpha value is -1.62. The van der Waals surface area contributed by atoms with Crippen LogP contribution >= 0.6 is 11.6 Å². The standard InChI is InChI=1S/C17H20ClN3O2/c1-2-23-16(22)13-9-15-19-12(8-14(18)21(15)20-13)11-10-17(11)6-4-3-5-7-17/h8-9,11H,2-7,10H2,1H3. The maximum atomic E-state index is 11.8. The fourth-order valence-electron chi connectivity index (χ4n) is 4.01. The summed E-state index contributed by atoms with van der Waals surface area (Å²) in [5.74, 6) is 0.0667. The van der Waals surface area contributed by atoms with Gasteiger partial charge in [0.1, 0.15) is 5.15 Å². The van der Waals surface area contributed by atoms with Gasteiger partial charge in [0, 0.05) is 17.7 Å². The van der Waals surface area contributed by atoms with Crippen LogP contribution in [-0.4, -0.2) is 27.2 Å². The van der Waals surface area contributed by atoms with Crippen molar-refractivity contribution in [2.75, 3.05) is 6.61 Å². The van der Waals surface area contributed by atoms with Gasteiger partial charge >= 0.3 is 5.97 Å². The second kappa shape index (κ2) is 5.48. The van der Waals surface area contributed by atoms with Crippen molar-refractivity contribution in [1.82, 2.24) is 14.6 Å². The first kappa shape index (κ1) is 14.9. The maximum absolute atomic E-state index is 11.8. The molecule has 0 aliphatic heterocycles. The molecule has 2 aromatic heterocycles. The smallest absolute Gasteiger partial charge is 0.358 e. The third kappa shape index (κ3) is 2.51. The third-order valence-electron chi connectivity index (χ3n) is 5.28. The molecule has 1 spiro atoms. The normalized spacial score (nSPS) is 22.4. The minimum absolute atomic E-state index is 0.251. The molecular weight excluding hydrogens is 314 g/mol. The van der Waals surface area contributed by atoms with Gasteiger partial charge in [-0.3, -0.25) is 0 Å². The number of rotatable bonds is 3. The van der Waals surface area contributed by atoms with Crippen molar-refractivity contribution in [3.8, 4) is 0 Å². The number of carbonyl (C=O) groups is 1. The summed E-state index contributed by atoms with van der Waals surface area (Å²) in [5, 5.41) is 4.70. The minimum atomic E-state index is -0.439. The lowest BCUT2D eigenvalue weighted by Gasteiger charge is -2.22. The quantitative estimate of drug-likeness (QED) is 0.629. The number of hydrogen-bond acceptors (Lipinski definition) is 4. The first-order chi connectivity index (χ1) is 11.1. The highest BCUT2D eigenvalue weighted by atomic mass is 35.5. The van der Waals surface area contributed by atoms with Crippen molar-refractivity contribution in [3.63, 3.8) is 0 Å². The van der Waals surface area contributed by atoms with Crippen molar-refractivity contribution in [2.45, 2.75) is 51.4 Å². The Balaban J connectivity index is 1.66. The molecule has 0 saturated heterocycles. The third-order valence-corrected chi connectivity index (χ3v) is 5.55. The van der Waals surface area contributed by atoms with E-state index in [1.165, 1.54) is 43.0 Å². The summed E-state index contributed by atoms with van der Waals surface area (Å²) in [6.45, 7) is 2.09. The number of nitrogens with zero attached hydrogens (tertiary/aromatic N) is 3. The highest BCUT2D eigenvalue weighted by molar-refractivity contribution is 6.29. The van der Waals surface area contributed by atoms with Gasteiger partial charge in [0.05, 0.1) is 6.61 Å². The Labute approximate surface area is 140 Å². The van der Waals surface area contributed by atoms with E-state index in [9.17, 15) is 4.79 Å². The van der Waals surface area contributed by atoms with Crippen LogP contribution in [0.25, 0.3) is 5.65 Å². The molecule has 2 heterocycles. The van der Waals surface area contributed by atoms with Crippen LogP contribution in [0.15, 0.2) is 12.1 Å². The SMILES string of the molecule is CCOC(=O)c1cc2nc(C3CC34CCCCC4)cc(Cl)n2n1. The Morgan fingerprint density at radius 2 is 2.17 bits per heavy atom. The molecule has 0 N–H and O–H groups in total. The summed E-state index contributed by atoms with van der Waals surface area (Å²) in [6, 6.07) is 3.56. The first-order valence-corrected chi connectivity index (χ1v) is 8.74. The lowest BCUT2D eigenvalue weighted by molar-refractivity contribution is 0.0519. The van der Waals surface area contributed by atoms with E-state index in [1.54, 1.807) is 13.0 Å². The predicted molar refractivity (Wildman–Crippen MR) is 86.8 cm³/mol. The van der Waals surface area contributed by atoms with E-state index in [1.807, 2.05) is 6.07 Å². The average molecular weight is 334 g/mol. The average Bonchev–Trinajstić information content (AvgIpc) is 3.05. The van der Waals surface area contributed by atoms with E-state index < -0.39 is 5.97 Å². The lowest BCUT2D eigenvalue weighted by atomic mass is 9.84. The maximum Gasteiger partial charge on any atom is 0.358 e.